The van der Waals surface area contributed by atoms with Gasteiger partial charge in [-0.15, -0.1) is 0 Å². The summed E-state index contributed by atoms with van der Waals surface area (Å²) in [4.78, 5) is 37.8. The molecule has 6 nitrogen and oxygen atoms in total. The van der Waals surface area contributed by atoms with Crippen molar-refractivity contribution in [2.75, 3.05) is 6.61 Å². The second-order valence-electron chi connectivity index (χ2n) is 6.51. The monoisotopic (exact) mass is 354 g/mol. The second kappa shape index (κ2) is 7.99. The number of H-pyrrole nitrogens is 1. The number of hydrogen-bond donors (Lipinski definition) is 2. The first kappa shape index (κ1) is 17.9. The van der Waals surface area contributed by atoms with Crippen molar-refractivity contribution in [1.82, 2.24) is 10.3 Å². The number of fused-ring (bicyclic) bond motifs is 1. The molecule has 1 aliphatic rings. The molecule has 3 rings (SSSR count). The zero-order valence-corrected chi connectivity index (χ0v) is 14.7. The topological polar surface area (TPSA) is 88.3 Å². The van der Waals surface area contributed by atoms with Gasteiger partial charge in [-0.2, -0.15) is 0 Å². The molecule has 1 aromatic heterocycles. The molecule has 0 bridgehead atoms. The molecule has 0 saturated carbocycles. The summed E-state index contributed by atoms with van der Waals surface area (Å²) >= 11 is 0. The molecule has 1 atom stereocenters. The maximum atomic E-state index is 12.1. The summed E-state index contributed by atoms with van der Waals surface area (Å²) in [6.45, 7) is 1.47. The van der Waals surface area contributed by atoms with Crippen LogP contribution >= 0.6 is 0 Å². The minimum atomic E-state index is -0.816. The third kappa shape index (κ3) is 4.20. The SMILES string of the molecule is C[C@@H](NC(=O)COC(=O)c1ccc[nH]c1=O)c1ccc2c(c1)CCCC2. The van der Waals surface area contributed by atoms with E-state index in [1.54, 1.807) is 0 Å². The molecule has 0 radical (unpaired) electrons. The Bertz CT molecular complexity index is 872. The van der Waals surface area contributed by atoms with Crippen LogP contribution in [0.25, 0.3) is 0 Å². The summed E-state index contributed by atoms with van der Waals surface area (Å²) in [5.41, 5.74) is 3.11. The molecule has 0 saturated heterocycles. The van der Waals surface area contributed by atoms with Crippen LogP contribution in [0.3, 0.4) is 0 Å². The van der Waals surface area contributed by atoms with Crippen LogP contribution in [0.1, 0.15) is 52.9 Å². The van der Waals surface area contributed by atoms with E-state index in [0.29, 0.717) is 0 Å². The van der Waals surface area contributed by atoms with Crippen LogP contribution in [0.15, 0.2) is 41.3 Å². The molecule has 0 aliphatic heterocycles. The van der Waals surface area contributed by atoms with E-state index in [4.69, 9.17) is 4.74 Å². The van der Waals surface area contributed by atoms with Gasteiger partial charge >= 0.3 is 5.97 Å². The first-order valence-electron chi connectivity index (χ1n) is 8.80. The van der Waals surface area contributed by atoms with Crippen LogP contribution in [-0.4, -0.2) is 23.5 Å². The number of esters is 1. The highest BCUT2D eigenvalue weighted by Crippen LogP contribution is 2.24. The molecule has 0 spiro atoms. The van der Waals surface area contributed by atoms with Gasteiger partial charge in [0.1, 0.15) is 5.56 Å². The first-order valence-corrected chi connectivity index (χ1v) is 8.80. The summed E-state index contributed by atoms with van der Waals surface area (Å²) in [5.74, 6) is -1.22. The molecule has 1 aromatic carbocycles. The number of aromatic nitrogens is 1. The van der Waals surface area contributed by atoms with Gasteiger partial charge < -0.3 is 15.0 Å². The number of aryl methyl sites for hydroxylation is 2. The second-order valence-corrected chi connectivity index (χ2v) is 6.51. The number of rotatable bonds is 5. The summed E-state index contributed by atoms with van der Waals surface area (Å²) < 4.78 is 4.93. The fraction of sp³-hybridized carbons (Fsp3) is 0.350. The zero-order valence-electron chi connectivity index (χ0n) is 14.7. The van der Waals surface area contributed by atoms with Crippen LogP contribution in [-0.2, 0) is 22.4 Å². The summed E-state index contributed by atoms with van der Waals surface area (Å²) in [6, 6.07) is 9.01. The molecule has 0 unspecified atom stereocenters. The van der Waals surface area contributed by atoms with Gasteiger partial charge in [0, 0.05) is 6.20 Å². The number of aromatic amines is 1. The average molecular weight is 354 g/mol. The van der Waals surface area contributed by atoms with Crippen LogP contribution in [0.4, 0.5) is 0 Å². The number of benzene rings is 1. The Morgan fingerprint density at radius 1 is 1.19 bits per heavy atom. The number of ether oxygens (including phenoxy) is 1. The summed E-state index contributed by atoms with van der Waals surface area (Å²) in [6.07, 6.45) is 6.05. The van der Waals surface area contributed by atoms with E-state index in [-0.39, 0.29) is 11.6 Å². The lowest BCUT2D eigenvalue weighted by molar-refractivity contribution is -0.124. The lowest BCUT2D eigenvalue weighted by atomic mass is 9.89. The van der Waals surface area contributed by atoms with Crippen LogP contribution < -0.4 is 10.9 Å². The van der Waals surface area contributed by atoms with Crippen molar-refractivity contribution in [2.24, 2.45) is 0 Å². The third-order valence-electron chi connectivity index (χ3n) is 4.62. The standard InChI is InChI=1S/C20H22N2O4/c1-13(15-9-8-14-5-2-3-6-16(14)11-15)22-18(23)12-26-20(25)17-7-4-10-21-19(17)24/h4,7-11,13H,2-3,5-6,12H2,1H3,(H,21,24)(H,22,23)/t13-/m1/s1. The van der Waals surface area contributed by atoms with Gasteiger partial charge in [-0.1, -0.05) is 18.2 Å². The Labute approximate surface area is 151 Å². The fourth-order valence-electron chi connectivity index (χ4n) is 3.18. The lowest BCUT2D eigenvalue weighted by Gasteiger charge is -2.20. The normalized spacial score (nSPS) is 14.2. The Balaban J connectivity index is 1.55. The predicted octanol–water partition coefficient (Wildman–Crippen LogP) is 2.29. The van der Waals surface area contributed by atoms with Gasteiger partial charge in [-0.3, -0.25) is 9.59 Å². The highest BCUT2D eigenvalue weighted by Gasteiger charge is 2.16. The molecule has 1 heterocycles. The molecule has 2 aromatic rings. The number of carbonyl (C=O) groups is 2. The van der Waals surface area contributed by atoms with Gasteiger partial charge in [-0.25, -0.2) is 4.79 Å². The molecular weight excluding hydrogens is 332 g/mol. The lowest BCUT2D eigenvalue weighted by Crippen LogP contribution is -2.32. The Morgan fingerprint density at radius 3 is 2.73 bits per heavy atom. The molecule has 6 heteroatoms. The van der Waals surface area contributed by atoms with E-state index in [2.05, 4.69) is 22.4 Å². The quantitative estimate of drug-likeness (QED) is 0.807. The molecular formula is C20H22N2O4. The van der Waals surface area contributed by atoms with E-state index >= 15 is 0 Å². The van der Waals surface area contributed by atoms with E-state index in [0.717, 1.165) is 18.4 Å². The average Bonchev–Trinajstić information content (AvgIpc) is 2.66. The van der Waals surface area contributed by atoms with Crippen molar-refractivity contribution in [3.63, 3.8) is 0 Å². The van der Waals surface area contributed by atoms with Gasteiger partial charge in [0.25, 0.3) is 11.5 Å². The maximum Gasteiger partial charge on any atom is 0.344 e. The number of pyridine rings is 1. The number of nitrogens with one attached hydrogen (secondary N) is 2. The van der Waals surface area contributed by atoms with Gasteiger partial charge in [-0.05, 0) is 61.4 Å². The Kier molecular flexibility index (Phi) is 5.51. The van der Waals surface area contributed by atoms with Crippen LogP contribution in [0.5, 0.6) is 0 Å². The highest BCUT2D eigenvalue weighted by molar-refractivity contribution is 5.90. The molecule has 1 aliphatic carbocycles. The zero-order chi connectivity index (χ0) is 18.5. The van der Waals surface area contributed by atoms with Crippen molar-refractivity contribution >= 4 is 11.9 Å². The van der Waals surface area contributed by atoms with E-state index < -0.39 is 24.0 Å². The largest absolute Gasteiger partial charge is 0.452 e. The molecule has 136 valence electrons. The number of hydrogen-bond acceptors (Lipinski definition) is 4. The molecule has 1 amide bonds. The predicted molar refractivity (Wildman–Crippen MR) is 97.0 cm³/mol. The maximum absolute atomic E-state index is 12.1. The van der Waals surface area contributed by atoms with Gasteiger partial charge in [0.05, 0.1) is 6.04 Å². The molecule has 2 N–H and O–H groups in total. The summed E-state index contributed by atoms with van der Waals surface area (Å²) in [7, 11) is 0. The molecule has 26 heavy (non-hydrogen) atoms. The number of amides is 1. The molecule has 0 fully saturated rings. The fourth-order valence-corrected chi connectivity index (χ4v) is 3.18. The van der Waals surface area contributed by atoms with Crippen molar-refractivity contribution in [3.8, 4) is 0 Å². The van der Waals surface area contributed by atoms with E-state index in [9.17, 15) is 14.4 Å². The van der Waals surface area contributed by atoms with Crippen molar-refractivity contribution < 1.29 is 14.3 Å². The van der Waals surface area contributed by atoms with Crippen LogP contribution in [0, 0.1) is 0 Å². The third-order valence-corrected chi connectivity index (χ3v) is 4.62. The van der Waals surface area contributed by atoms with Crippen molar-refractivity contribution in [2.45, 2.75) is 38.6 Å². The minimum absolute atomic E-state index is 0.122. The number of carbonyl (C=O) groups excluding carboxylic acids is 2. The van der Waals surface area contributed by atoms with Gasteiger partial charge in [0.2, 0.25) is 0 Å². The Hall–Kier alpha value is -2.89. The minimum Gasteiger partial charge on any atom is -0.452 e. The smallest absolute Gasteiger partial charge is 0.344 e. The van der Waals surface area contributed by atoms with Crippen molar-refractivity contribution in [1.29, 1.82) is 0 Å². The van der Waals surface area contributed by atoms with Gasteiger partial charge in [0.15, 0.2) is 6.61 Å². The summed E-state index contributed by atoms with van der Waals surface area (Å²) in [5, 5.41) is 2.82. The van der Waals surface area contributed by atoms with E-state index in [1.807, 2.05) is 13.0 Å². The Morgan fingerprint density at radius 2 is 1.96 bits per heavy atom. The highest BCUT2D eigenvalue weighted by atomic mass is 16.5. The van der Waals surface area contributed by atoms with Crippen LogP contribution in [0.2, 0.25) is 0 Å². The first-order chi connectivity index (χ1) is 12.5. The van der Waals surface area contributed by atoms with Crippen molar-refractivity contribution in [3.05, 3.63) is 69.1 Å². The van der Waals surface area contributed by atoms with E-state index in [1.165, 1.54) is 42.3 Å².